The Balaban J connectivity index is 2.15. The number of benzene rings is 1. The van der Waals surface area contributed by atoms with Gasteiger partial charge >= 0.3 is 0 Å². The van der Waals surface area contributed by atoms with Crippen LogP contribution < -0.4 is 5.32 Å². The van der Waals surface area contributed by atoms with Crippen LogP contribution in [0, 0.1) is 5.92 Å². The summed E-state index contributed by atoms with van der Waals surface area (Å²) in [7, 11) is 0. The van der Waals surface area contributed by atoms with Crippen LogP contribution in [-0.4, -0.2) is 29.4 Å². The van der Waals surface area contributed by atoms with Gasteiger partial charge in [0.05, 0.1) is 16.1 Å². The van der Waals surface area contributed by atoms with Crippen molar-refractivity contribution in [3.63, 3.8) is 0 Å². The largest absolute Gasteiger partial charge is 0.335 e. The Morgan fingerprint density at radius 3 is 2.62 bits per heavy atom. The summed E-state index contributed by atoms with van der Waals surface area (Å²) in [6, 6.07) is 5.59. The Bertz CT molecular complexity index is 519. The number of nitrogens with one attached hydrogen (secondary N) is 1. The summed E-state index contributed by atoms with van der Waals surface area (Å²) in [6.45, 7) is 7.67. The summed E-state index contributed by atoms with van der Waals surface area (Å²) in [5, 5.41) is 4.37. The van der Waals surface area contributed by atoms with Crippen molar-refractivity contribution in [1.82, 2.24) is 10.2 Å². The van der Waals surface area contributed by atoms with Gasteiger partial charge in [0.15, 0.2) is 0 Å². The normalized spacial score (nSPS) is 21.8. The monoisotopic (exact) mass is 328 g/mol. The lowest BCUT2D eigenvalue weighted by Crippen LogP contribution is -2.48. The number of hydrogen-bond donors (Lipinski definition) is 1. The van der Waals surface area contributed by atoms with Gasteiger partial charge in [0.2, 0.25) is 5.91 Å². The predicted octanol–water partition coefficient (Wildman–Crippen LogP) is 3.73. The van der Waals surface area contributed by atoms with Gasteiger partial charge in [-0.1, -0.05) is 36.2 Å². The molecule has 0 spiro atoms. The molecule has 1 aliphatic rings. The van der Waals surface area contributed by atoms with E-state index in [-0.39, 0.29) is 18.0 Å². The minimum absolute atomic E-state index is 0.0739. The molecule has 1 heterocycles. The van der Waals surface area contributed by atoms with Crippen molar-refractivity contribution < 1.29 is 4.79 Å². The molecule has 3 nitrogen and oxygen atoms in total. The van der Waals surface area contributed by atoms with Crippen LogP contribution in [0.2, 0.25) is 10.0 Å². The zero-order valence-electron chi connectivity index (χ0n) is 12.7. The number of carbonyl (C=O) groups is 1. The quantitative estimate of drug-likeness (QED) is 0.913. The van der Waals surface area contributed by atoms with E-state index in [1.54, 1.807) is 6.07 Å². The minimum Gasteiger partial charge on any atom is -0.335 e. The third-order valence-electron chi connectivity index (χ3n) is 4.04. The first-order valence-corrected chi connectivity index (χ1v) is 8.13. The average molecular weight is 329 g/mol. The van der Waals surface area contributed by atoms with E-state index < -0.39 is 0 Å². The molecular weight excluding hydrogens is 307 g/mol. The van der Waals surface area contributed by atoms with Crippen molar-refractivity contribution in [2.75, 3.05) is 6.54 Å². The highest BCUT2D eigenvalue weighted by Gasteiger charge is 2.33. The number of amides is 1. The van der Waals surface area contributed by atoms with Gasteiger partial charge in [-0.15, -0.1) is 0 Å². The Morgan fingerprint density at radius 2 is 2.10 bits per heavy atom. The number of nitrogens with zero attached hydrogens (tertiary/aromatic N) is 1. The topological polar surface area (TPSA) is 32.3 Å². The standard InChI is InChI=1S/C16H22Cl2N2O/c1-10(2)20(16(21)15-11(3)6-7-19-15)9-12-4-5-13(17)14(18)8-12/h4-5,8,10-11,15,19H,6-7,9H2,1-3H3. The molecule has 1 aromatic rings. The smallest absolute Gasteiger partial charge is 0.240 e. The molecule has 1 aromatic carbocycles. The van der Waals surface area contributed by atoms with E-state index >= 15 is 0 Å². The van der Waals surface area contributed by atoms with Crippen molar-refractivity contribution in [3.8, 4) is 0 Å². The first-order chi connectivity index (χ1) is 9.90. The third-order valence-corrected chi connectivity index (χ3v) is 4.78. The number of rotatable bonds is 4. The molecule has 0 aliphatic carbocycles. The summed E-state index contributed by atoms with van der Waals surface area (Å²) in [4.78, 5) is 14.7. The molecule has 1 amide bonds. The molecule has 0 aromatic heterocycles. The molecular formula is C16H22Cl2N2O. The van der Waals surface area contributed by atoms with Gasteiger partial charge in [0.25, 0.3) is 0 Å². The van der Waals surface area contributed by atoms with Crippen LogP contribution in [-0.2, 0) is 11.3 Å². The minimum atomic E-state index is -0.0739. The van der Waals surface area contributed by atoms with Crippen LogP contribution in [0.4, 0.5) is 0 Å². The fourth-order valence-electron chi connectivity index (χ4n) is 2.69. The molecule has 1 aliphatic heterocycles. The van der Waals surface area contributed by atoms with Crippen LogP contribution >= 0.6 is 23.2 Å². The molecule has 0 bridgehead atoms. The Morgan fingerprint density at radius 1 is 1.38 bits per heavy atom. The molecule has 116 valence electrons. The molecule has 0 saturated carbocycles. The SMILES string of the molecule is CC1CCNC1C(=O)N(Cc1ccc(Cl)c(Cl)c1)C(C)C. The number of hydrogen-bond acceptors (Lipinski definition) is 2. The molecule has 1 N–H and O–H groups in total. The zero-order valence-corrected chi connectivity index (χ0v) is 14.2. The molecule has 5 heteroatoms. The van der Waals surface area contributed by atoms with Crippen molar-refractivity contribution in [3.05, 3.63) is 33.8 Å². The van der Waals surface area contributed by atoms with Gasteiger partial charge in [-0.3, -0.25) is 4.79 Å². The molecule has 2 unspecified atom stereocenters. The molecule has 2 rings (SSSR count). The van der Waals surface area contributed by atoms with Crippen LogP contribution in [0.3, 0.4) is 0 Å². The van der Waals surface area contributed by atoms with Gasteiger partial charge in [-0.25, -0.2) is 0 Å². The Labute approximate surface area is 136 Å². The lowest BCUT2D eigenvalue weighted by molar-refractivity contribution is -0.136. The van der Waals surface area contributed by atoms with Gasteiger partial charge in [-0.2, -0.15) is 0 Å². The lowest BCUT2D eigenvalue weighted by atomic mass is 10.0. The van der Waals surface area contributed by atoms with E-state index in [0.717, 1.165) is 18.5 Å². The molecule has 1 fully saturated rings. The van der Waals surface area contributed by atoms with E-state index in [0.29, 0.717) is 22.5 Å². The van der Waals surface area contributed by atoms with Crippen molar-refractivity contribution in [2.24, 2.45) is 5.92 Å². The lowest BCUT2D eigenvalue weighted by Gasteiger charge is -2.31. The zero-order chi connectivity index (χ0) is 15.6. The second kappa shape index (κ2) is 6.99. The average Bonchev–Trinajstić information content (AvgIpc) is 2.85. The van der Waals surface area contributed by atoms with Gasteiger partial charge < -0.3 is 10.2 Å². The van der Waals surface area contributed by atoms with Crippen LogP contribution in [0.25, 0.3) is 0 Å². The van der Waals surface area contributed by atoms with E-state index in [9.17, 15) is 4.79 Å². The Hall–Kier alpha value is -0.770. The van der Waals surface area contributed by atoms with Crippen molar-refractivity contribution in [1.29, 1.82) is 0 Å². The van der Waals surface area contributed by atoms with Gasteiger partial charge in [0.1, 0.15) is 0 Å². The molecule has 0 radical (unpaired) electrons. The van der Waals surface area contributed by atoms with Crippen LogP contribution in [0.15, 0.2) is 18.2 Å². The number of halogens is 2. The highest BCUT2D eigenvalue weighted by molar-refractivity contribution is 6.42. The van der Waals surface area contributed by atoms with Gasteiger partial charge in [-0.05, 0) is 50.4 Å². The highest BCUT2D eigenvalue weighted by atomic mass is 35.5. The Kier molecular flexibility index (Phi) is 5.53. The fourth-order valence-corrected chi connectivity index (χ4v) is 3.01. The summed E-state index contributed by atoms with van der Waals surface area (Å²) < 4.78 is 0. The summed E-state index contributed by atoms with van der Waals surface area (Å²) >= 11 is 12.0. The highest BCUT2D eigenvalue weighted by Crippen LogP contribution is 2.24. The second-order valence-electron chi connectivity index (χ2n) is 6.01. The maximum absolute atomic E-state index is 12.8. The first kappa shape index (κ1) is 16.6. The molecule has 21 heavy (non-hydrogen) atoms. The fraction of sp³-hybridized carbons (Fsp3) is 0.562. The predicted molar refractivity (Wildman–Crippen MR) is 87.7 cm³/mol. The van der Waals surface area contributed by atoms with E-state index in [4.69, 9.17) is 23.2 Å². The van der Waals surface area contributed by atoms with Crippen LogP contribution in [0.5, 0.6) is 0 Å². The number of carbonyl (C=O) groups excluding carboxylic acids is 1. The third kappa shape index (κ3) is 3.91. The van der Waals surface area contributed by atoms with Crippen molar-refractivity contribution in [2.45, 2.75) is 45.8 Å². The first-order valence-electron chi connectivity index (χ1n) is 7.38. The van der Waals surface area contributed by atoms with E-state index in [1.165, 1.54) is 0 Å². The molecule has 2 atom stereocenters. The maximum Gasteiger partial charge on any atom is 0.240 e. The van der Waals surface area contributed by atoms with E-state index in [1.807, 2.05) is 30.9 Å². The molecule has 1 saturated heterocycles. The maximum atomic E-state index is 12.8. The van der Waals surface area contributed by atoms with E-state index in [2.05, 4.69) is 12.2 Å². The summed E-state index contributed by atoms with van der Waals surface area (Å²) in [5.74, 6) is 0.550. The van der Waals surface area contributed by atoms with Crippen molar-refractivity contribution >= 4 is 29.1 Å². The van der Waals surface area contributed by atoms with Gasteiger partial charge in [0, 0.05) is 12.6 Å². The summed E-state index contributed by atoms with van der Waals surface area (Å²) in [5.41, 5.74) is 0.997. The summed E-state index contributed by atoms with van der Waals surface area (Å²) in [6.07, 6.45) is 1.05. The second-order valence-corrected chi connectivity index (χ2v) is 6.82. The van der Waals surface area contributed by atoms with Crippen LogP contribution in [0.1, 0.15) is 32.8 Å².